The lowest BCUT2D eigenvalue weighted by atomic mass is 9.84. The lowest BCUT2D eigenvalue weighted by Gasteiger charge is -2.31. The molecule has 3 aromatic rings. The van der Waals surface area contributed by atoms with Crippen LogP contribution in [0.5, 0.6) is 0 Å². The highest BCUT2D eigenvalue weighted by Gasteiger charge is 2.44. The second-order valence-corrected chi connectivity index (χ2v) is 17.3. The number of rotatable bonds is 12. The molecular weight excluding hydrogens is 641 g/mol. The molecule has 0 spiro atoms. The Hall–Kier alpha value is -3.48. The molecule has 4 fully saturated rings. The number of carbonyl (C=O) groups is 2. The van der Waals surface area contributed by atoms with E-state index in [1.54, 1.807) is 22.3 Å². The van der Waals surface area contributed by atoms with E-state index in [2.05, 4.69) is 69.0 Å². The maximum Gasteiger partial charge on any atom is 0.224 e. The molecule has 2 amide bonds. The van der Waals surface area contributed by atoms with Crippen LogP contribution in [0.2, 0.25) is 0 Å². The summed E-state index contributed by atoms with van der Waals surface area (Å²) in [5.74, 6) is 1.79. The molecule has 0 aromatic heterocycles. The van der Waals surface area contributed by atoms with Crippen LogP contribution in [0.15, 0.2) is 72.8 Å². The minimum Gasteiger partial charge on any atom is -0.353 e. The normalized spacial score (nSPS) is 30.6. The largest absolute Gasteiger partial charge is 0.353 e. The Morgan fingerprint density at radius 2 is 0.788 bits per heavy atom. The van der Waals surface area contributed by atoms with Gasteiger partial charge < -0.3 is 10.6 Å². The Bertz CT molecular complexity index is 1530. The maximum atomic E-state index is 13.0. The van der Waals surface area contributed by atoms with Crippen molar-refractivity contribution in [1.29, 1.82) is 0 Å². The monoisotopic (exact) mass is 698 g/mol. The zero-order chi connectivity index (χ0) is 35.0. The first-order valence-corrected chi connectivity index (χ1v) is 20.9. The zero-order valence-electron chi connectivity index (χ0n) is 31.0. The van der Waals surface area contributed by atoms with E-state index in [0.29, 0.717) is 49.1 Å². The number of nitrogens with zero attached hydrogens (tertiary/aromatic N) is 2. The molecule has 2 N–H and O–H groups in total. The molecule has 274 valence electrons. The number of fused-ring (bicyclic) bond motifs is 10. The number of nitrogens with one attached hydrogen (secondary N) is 2. The van der Waals surface area contributed by atoms with E-state index in [-0.39, 0.29) is 11.8 Å². The summed E-state index contributed by atoms with van der Waals surface area (Å²) < 4.78 is 0. The molecule has 4 atom stereocenters. The van der Waals surface area contributed by atoms with Gasteiger partial charge in [-0.3, -0.25) is 19.4 Å². The van der Waals surface area contributed by atoms with Crippen molar-refractivity contribution in [1.82, 2.24) is 20.4 Å². The Morgan fingerprint density at radius 3 is 1.12 bits per heavy atom. The summed E-state index contributed by atoms with van der Waals surface area (Å²) in [4.78, 5) is 31.5. The van der Waals surface area contributed by atoms with Crippen LogP contribution in [0.1, 0.15) is 147 Å². The molecule has 0 unspecified atom stereocenters. The summed E-state index contributed by atoms with van der Waals surface area (Å²) >= 11 is 0. The first-order valence-electron chi connectivity index (χ1n) is 20.9. The van der Waals surface area contributed by atoms with Crippen molar-refractivity contribution in [2.45, 2.75) is 139 Å². The third-order valence-corrected chi connectivity index (χ3v) is 14.2. The van der Waals surface area contributed by atoms with Crippen LogP contribution in [0.3, 0.4) is 0 Å². The molecule has 2 aliphatic carbocycles. The van der Waals surface area contributed by atoms with Gasteiger partial charge in [0.1, 0.15) is 0 Å². The topological polar surface area (TPSA) is 64.7 Å². The van der Waals surface area contributed by atoms with Crippen molar-refractivity contribution in [3.63, 3.8) is 0 Å². The van der Waals surface area contributed by atoms with Crippen LogP contribution in [0, 0.1) is 11.8 Å². The van der Waals surface area contributed by atoms with Gasteiger partial charge in [0.05, 0.1) is 12.8 Å². The fourth-order valence-electron chi connectivity index (χ4n) is 11.5. The van der Waals surface area contributed by atoms with E-state index in [1.807, 2.05) is 24.3 Å². The maximum absolute atomic E-state index is 13.0. The predicted octanol–water partition coefficient (Wildman–Crippen LogP) is 8.69. The van der Waals surface area contributed by atoms with E-state index in [1.165, 1.54) is 77.3 Å². The van der Waals surface area contributed by atoms with Gasteiger partial charge in [-0.25, -0.2) is 0 Å². The average molecular weight is 699 g/mol. The van der Waals surface area contributed by atoms with Gasteiger partial charge in [-0.05, 0) is 148 Å². The fraction of sp³-hybridized carbons (Fsp3) is 0.565. The van der Waals surface area contributed by atoms with Gasteiger partial charge in [0, 0.05) is 36.3 Å². The molecule has 0 radical (unpaired) electrons. The molecule has 2 saturated carbocycles. The molecule has 9 rings (SSSR count). The molecule has 4 aliphatic heterocycles. The van der Waals surface area contributed by atoms with Crippen LogP contribution in [0.25, 0.3) is 0 Å². The molecule has 6 heteroatoms. The summed E-state index contributed by atoms with van der Waals surface area (Å²) in [5.41, 5.74) is 8.34. The first-order chi connectivity index (χ1) is 25.6. The summed E-state index contributed by atoms with van der Waals surface area (Å²) in [6, 6.07) is 29.5. The minimum absolute atomic E-state index is 0.119. The molecule has 4 heterocycles. The highest BCUT2D eigenvalue weighted by molar-refractivity contribution is 5.80. The van der Waals surface area contributed by atoms with Gasteiger partial charge in [0.25, 0.3) is 0 Å². The second-order valence-electron chi connectivity index (χ2n) is 17.3. The number of hydrogen-bond acceptors (Lipinski definition) is 4. The van der Waals surface area contributed by atoms with Crippen LogP contribution < -0.4 is 10.6 Å². The third-order valence-electron chi connectivity index (χ3n) is 14.2. The lowest BCUT2D eigenvalue weighted by molar-refractivity contribution is -0.122. The molecular formula is C46H58N4O2. The van der Waals surface area contributed by atoms with Crippen LogP contribution >= 0.6 is 0 Å². The van der Waals surface area contributed by atoms with Gasteiger partial charge in [0.2, 0.25) is 11.8 Å². The Balaban J connectivity index is 0.648. The van der Waals surface area contributed by atoms with Crippen LogP contribution in [0.4, 0.5) is 0 Å². The van der Waals surface area contributed by atoms with Crippen LogP contribution in [-0.2, 0) is 22.4 Å². The summed E-state index contributed by atoms with van der Waals surface area (Å²) in [5, 5.41) is 6.67. The van der Waals surface area contributed by atoms with Crippen LogP contribution in [-0.4, -0.2) is 46.8 Å². The average Bonchev–Trinajstić information content (AvgIpc) is 3.93. The molecule has 4 bridgehead atoms. The summed E-state index contributed by atoms with van der Waals surface area (Å²) in [7, 11) is 0. The van der Waals surface area contributed by atoms with Gasteiger partial charge in [0.15, 0.2) is 0 Å². The Labute approximate surface area is 311 Å². The number of amides is 2. The molecule has 3 aromatic carbocycles. The van der Waals surface area contributed by atoms with Crippen molar-refractivity contribution in [3.05, 3.63) is 106 Å². The van der Waals surface area contributed by atoms with Gasteiger partial charge in [-0.2, -0.15) is 0 Å². The van der Waals surface area contributed by atoms with Crippen molar-refractivity contribution in [3.8, 4) is 0 Å². The first kappa shape index (κ1) is 34.3. The van der Waals surface area contributed by atoms with Gasteiger partial charge in [-0.15, -0.1) is 0 Å². The Morgan fingerprint density at radius 1 is 0.462 bits per heavy atom. The van der Waals surface area contributed by atoms with E-state index >= 15 is 0 Å². The van der Waals surface area contributed by atoms with E-state index < -0.39 is 0 Å². The van der Waals surface area contributed by atoms with E-state index in [9.17, 15) is 9.59 Å². The third kappa shape index (κ3) is 7.10. The number of carbonyl (C=O) groups excluding carboxylic acids is 2. The van der Waals surface area contributed by atoms with Crippen molar-refractivity contribution in [2.24, 2.45) is 11.8 Å². The smallest absolute Gasteiger partial charge is 0.224 e. The number of hydrogen-bond donors (Lipinski definition) is 2. The van der Waals surface area contributed by atoms with Crippen molar-refractivity contribution in [2.75, 3.05) is 13.1 Å². The highest BCUT2D eigenvalue weighted by atomic mass is 16.2. The predicted molar refractivity (Wildman–Crippen MR) is 207 cm³/mol. The highest BCUT2D eigenvalue weighted by Crippen LogP contribution is 2.54. The van der Waals surface area contributed by atoms with E-state index in [4.69, 9.17) is 0 Å². The van der Waals surface area contributed by atoms with Gasteiger partial charge >= 0.3 is 0 Å². The SMILES string of the molecule is O=C(Cc1ccc(CC(=O)N[C@H]2CC[C@H](CCN3[C@@H]4CC[C@H]3c3ccccc34)CC2)cc1)N[C@H]1CC[C@H](CCN2[C@@H]3CC[C@H]2c2ccccc23)CC1. The quantitative estimate of drug-likeness (QED) is 0.199. The second kappa shape index (κ2) is 15.1. The lowest BCUT2D eigenvalue weighted by Crippen LogP contribution is -2.39. The molecule has 2 saturated heterocycles. The standard InChI is InChI=1S/C46H58N4O2/c51-45(47-35-17-13-31(14-18-35)25-27-49-41-21-22-42(49)38-6-2-1-5-37(38)41)29-33-9-11-34(12-10-33)30-46(52)48-36-19-15-32(16-20-36)26-28-50-43-23-24-44(50)40-8-4-3-7-39(40)43/h1-12,31-32,35-36,41-44H,13-30H2,(H,47,51)(H,48,52)/t31-,32-,35-,36-,41-,42+,43-,44+. The molecule has 6 aliphatic rings. The summed E-state index contributed by atoms with van der Waals surface area (Å²) in [6.45, 7) is 2.42. The van der Waals surface area contributed by atoms with Crippen molar-refractivity contribution >= 4 is 11.8 Å². The van der Waals surface area contributed by atoms with E-state index in [0.717, 1.165) is 48.6 Å². The number of benzene rings is 3. The Kier molecular flexibility index (Phi) is 9.96. The molecule has 6 nitrogen and oxygen atoms in total. The van der Waals surface area contributed by atoms with Crippen molar-refractivity contribution < 1.29 is 9.59 Å². The van der Waals surface area contributed by atoms with Gasteiger partial charge in [-0.1, -0.05) is 72.8 Å². The summed E-state index contributed by atoms with van der Waals surface area (Å²) in [6.07, 6.45) is 17.9. The minimum atomic E-state index is 0.119. The zero-order valence-corrected chi connectivity index (χ0v) is 31.0. The fourth-order valence-corrected chi connectivity index (χ4v) is 11.5. The molecule has 52 heavy (non-hydrogen) atoms.